The first-order chi connectivity index (χ1) is 9.28. The third-order valence-corrected chi connectivity index (χ3v) is 2.63. The number of carbonyl (C=O) groups is 2. The van der Waals surface area contributed by atoms with Crippen molar-refractivity contribution >= 4 is 23.5 Å². The second-order valence-corrected chi connectivity index (χ2v) is 5.90. The number of amides is 1. The zero-order chi connectivity index (χ0) is 15.2. The summed E-state index contributed by atoms with van der Waals surface area (Å²) in [5.74, 6) is 0.0125. The average molecular weight is 298 g/mol. The van der Waals surface area contributed by atoms with E-state index in [9.17, 15) is 9.59 Å². The van der Waals surface area contributed by atoms with Crippen LogP contribution in [0.1, 0.15) is 44.0 Å². The maximum absolute atomic E-state index is 11.9. The van der Waals surface area contributed by atoms with Gasteiger partial charge in [-0.2, -0.15) is 0 Å². The molecule has 0 atom stereocenters. The molecule has 1 amide bonds. The Morgan fingerprint density at radius 1 is 1.30 bits per heavy atom. The molecule has 1 N–H and O–H groups in total. The van der Waals surface area contributed by atoms with Gasteiger partial charge in [-0.15, -0.1) is 0 Å². The number of benzene rings is 1. The SMILES string of the molecule is CC(C)(C)OC(=O)NCCCC(=O)c1cccc(Cl)c1. The van der Waals surface area contributed by atoms with Gasteiger partial charge in [0, 0.05) is 23.6 Å². The van der Waals surface area contributed by atoms with Gasteiger partial charge < -0.3 is 10.1 Å². The molecule has 5 heteroatoms. The van der Waals surface area contributed by atoms with E-state index < -0.39 is 11.7 Å². The van der Waals surface area contributed by atoms with Crippen LogP contribution in [0.3, 0.4) is 0 Å². The lowest BCUT2D eigenvalue weighted by atomic mass is 10.1. The normalized spacial score (nSPS) is 11.0. The summed E-state index contributed by atoms with van der Waals surface area (Å²) in [6.07, 6.45) is 0.452. The van der Waals surface area contributed by atoms with Gasteiger partial charge in [0.2, 0.25) is 0 Å². The lowest BCUT2D eigenvalue weighted by molar-refractivity contribution is 0.0525. The van der Waals surface area contributed by atoms with E-state index in [0.717, 1.165) is 0 Å². The fraction of sp³-hybridized carbons (Fsp3) is 0.467. The van der Waals surface area contributed by atoms with Crippen molar-refractivity contribution in [1.29, 1.82) is 0 Å². The molecule has 0 unspecified atom stereocenters. The number of halogens is 1. The number of alkyl carbamates (subject to hydrolysis) is 1. The highest BCUT2D eigenvalue weighted by atomic mass is 35.5. The molecule has 1 rings (SSSR count). The zero-order valence-electron chi connectivity index (χ0n) is 12.0. The molecular weight excluding hydrogens is 278 g/mol. The highest BCUT2D eigenvalue weighted by Gasteiger charge is 2.15. The monoisotopic (exact) mass is 297 g/mol. The van der Waals surface area contributed by atoms with Crippen LogP contribution in [-0.2, 0) is 4.74 Å². The number of rotatable bonds is 5. The summed E-state index contributed by atoms with van der Waals surface area (Å²) in [6, 6.07) is 6.84. The van der Waals surface area contributed by atoms with Crippen molar-refractivity contribution in [3.63, 3.8) is 0 Å². The van der Waals surface area contributed by atoms with Crippen molar-refractivity contribution in [2.45, 2.75) is 39.2 Å². The summed E-state index contributed by atoms with van der Waals surface area (Å²) >= 11 is 5.83. The minimum absolute atomic E-state index is 0.0125. The van der Waals surface area contributed by atoms with E-state index in [-0.39, 0.29) is 5.78 Å². The van der Waals surface area contributed by atoms with Crippen molar-refractivity contribution in [1.82, 2.24) is 5.32 Å². The molecule has 0 saturated heterocycles. The van der Waals surface area contributed by atoms with Crippen molar-refractivity contribution in [2.75, 3.05) is 6.54 Å². The van der Waals surface area contributed by atoms with Gasteiger partial charge in [-0.25, -0.2) is 4.79 Å². The first kappa shape index (κ1) is 16.5. The van der Waals surface area contributed by atoms with E-state index >= 15 is 0 Å². The summed E-state index contributed by atoms with van der Waals surface area (Å²) < 4.78 is 5.09. The fourth-order valence-corrected chi connectivity index (χ4v) is 1.75. The number of hydrogen-bond acceptors (Lipinski definition) is 3. The van der Waals surface area contributed by atoms with Crippen LogP contribution in [0.15, 0.2) is 24.3 Å². The number of hydrogen-bond donors (Lipinski definition) is 1. The number of ketones is 1. The van der Waals surface area contributed by atoms with E-state index in [1.807, 2.05) is 0 Å². The van der Waals surface area contributed by atoms with Crippen LogP contribution in [0.25, 0.3) is 0 Å². The zero-order valence-corrected chi connectivity index (χ0v) is 12.8. The second-order valence-electron chi connectivity index (χ2n) is 5.47. The molecular formula is C15H20ClNO3. The van der Waals surface area contributed by atoms with E-state index in [2.05, 4.69) is 5.32 Å². The van der Waals surface area contributed by atoms with Crippen LogP contribution in [0.4, 0.5) is 4.79 Å². The molecule has 0 aliphatic rings. The molecule has 20 heavy (non-hydrogen) atoms. The predicted octanol–water partition coefficient (Wildman–Crippen LogP) is 3.83. The smallest absolute Gasteiger partial charge is 0.407 e. The molecule has 0 heterocycles. The molecule has 0 radical (unpaired) electrons. The van der Waals surface area contributed by atoms with Crippen LogP contribution >= 0.6 is 11.6 Å². The summed E-state index contributed by atoms with van der Waals surface area (Å²) in [5, 5.41) is 3.16. The van der Waals surface area contributed by atoms with E-state index in [1.165, 1.54) is 0 Å². The van der Waals surface area contributed by atoms with E-state index in [1.54, 1.807) is 45.0 Å². The van der Waals surface area contributed by atoms with Gasteiger partial charge in [-0.05, 0) is 39.3 Å². The Balaban J connectivity index is 2.28. The first-order valence-corrected chi connectivity index (χ1v) is 6.91. The van der Waals surface area contributed by atoms with E-state index in [0.29, 0.717) is 30.0 Å². The predicted molar refractivity (Wildman–Crippen MR) is 79.3 cm³/mol. The number of nitrogens with one attached hydrogen (secondary N) is 1. The van der Waals surface area contributed by atoms with Crippen molar-refractivity contribution in [3.8, 4) is 0 Å². The van der Waals surface area contributed by atoms with Crippen molar-refractivity contribution in [2.24, 2.45) is 0 Å². The molecule has 0 saturated carbocycles. The van der Waals surface area contributed by atoms with Crippen LogP contribution < -0.4 is 5.32 Å². The van der Waals surface area contributed by atoms with Crippen LogP contribution in [0.5, 0.6) is 0 Å². The number of ether oxygens (including phenoxy) is 1. The fourth-order valence-electron chi connectivity index (χ4n) is 1.56. The molecule has 1 aromatic carbocycles. The van der Waals surface area contributed by atoms with Gasteiger partial charge >= 0.3 is 6.09 Å². The third-order valence-electron chi connectivity index (χ3n) is 2.40. The molecule has 0 aliphatic heterocycles. The van der Waals surface area contributed by atoms with Crippen LogP contribution in [-0.4, -0.2) is 24.0 Å². The first-order valence-electron chi connectivity index (χ1n) is 6.53. The molecule has 110 valence electrons. The molecule has 1 aromatic rings. The van der Waals surface area contributed by atoms with Gasteiger partial charge in [-0.1, -0.05) is 23.7 Å². The van der Waals surface area contributed by atoms with Gasteiger partial charge in [-0.3, -0.25) is 4.79 Å². The Labute approximate surface area is 124 Å². The lowest BCUT2D eigenvalue weighted by Gasteiger charge is -2.19. The largest absolute Gasteiger partial charge is 0.444 e. The highest BCUT2D eigenvalue weighted by Crippen LogP contribution is 2.13. The van der Waals surface area contributed by atoms with Crippen molar-refractivity contribution in [3.05, 3.63) is 34.9 Å². The summed E-state index contributed by atoms with van der Waals surface area (Å²) in [7, 11) is 0. The molecule has 4 nitrogen and oxygen atoms in total. The van der Waals surface area contributed by atoms with Crippen molar-refractivity contribution < 1.29 is 14.3 Å². The Kier molecular flexibility index (Phi) is 6.02. The Hall–Kier alpha value is -1.55. The van der Waals surface area contributed by atoms with Crippen LogP contribution in [0, 0.1) is 0 Å². The second kappa shape index (κ2) is 7.29. The average Bonchev–Trinajstić information content (AvgIpc) is 2.32. The summed E-state index contributed by atoms with van der Waals surface area (Å²) in [5.41, 5.74) is 0.0792. The standard InChI is InChI=1S/C15H20ClNO3/c1-15(2,3)20-14(19)17-9-5-8-13(18)11-6-4-7-12(16)10-11/h4,6-7,10H,5,8-9H2,1-3H3,(H,17,19). The van der Waals surface area contributed by atoms with Gasteiger partial charge in [0.25, 0.3) is 0 Å². The quantitative estimate of drug-likeness (QED) is 0.664. The van der Waals surface area contributed by atoms with Crippen LogP contribution in [0.2, 0.25) is 5.02 Å². The Morgan fingerprint density at radius 3 is 2.60 bits per heavy atom. The Bertz CT molecular complexity index is 480. The third kappa shape index (κ3) is 6.57. The maximum Gasteiger partial charge on any atom is 0.407 e. The van der Waals surface area contributed by atoms with Gasteiger partial charge in [0.15, 0.2) is 5.78 Å². The maximum atomic E-state index is 11.9. The molecule has 0 aromatic heterocycles. The molecule has 0 aliphatic carbocycles. The minimum atomic E-state index is -0.513. The topological polar surface area (TPSA) is 55.4 Å². The summed E-state index contributed by atoms with van der Waals surface area (Å²) in [6.45, 7) is 5.81. The molecule has 0 bridgehead atoms. The van der Waals surface area contributed by atoms with Gasteiger partial charge in [0.1, 0.15) is 5.60 Å². The van der Waals surface area contributed by atoms with E-state index in [4.69, 9.17) is 16.3 Å². The summed E-state index contributed by atoms with van der Waals surface area (Å²) in [4.78, 5) is 23.3. The molecule has 0 fully saturated rings. The molecule has 0 spiro atoms. The Morgan fingerprint density at radius 2 is 2.00 bits per heavy atom. The van der Waals surface area contributed by atoms with Gasteiger partial charge in [0.05, 0.1) is 0 Å². The number of carbonyl (C=O) groups excluding carboxylic acids is 2. The lowest BCUT2D eigenvalue weighted by Crippen LogP contribution is -2.33. The minimum Gasteiger partial charge on any atom is -0.444 e. The highest BCUT2D eigenvalue weighted by molar-refractivity contribution is 6.31. The number of Topliss-reactive ketones (excluding diaryl/α,β-unsaturated/α-hetero) is 1.